The molecule has 1 aliphatic rings. The number of likely N-dealkylation sites (N-methyl/N-ethyl adjacent to an activating group) is 1. The first-order valence-electron chi connectivity index (χ1n) is 10.8. The van der Waals surface area contributed by atoms with Crippen LogP contribution in [0.5, 0.6) is 0 Å². The van der Waals surface area contributed by atoms with E-state index >= 15 is 0 Å². The molecule has 1 heterocycles. The maximum atomic E-state index is 12.9. The van der Waals surface area contributed by atoms with Crippen LogP contribution in [0, 0.1) is 10.1 Å². The number of rotatable bonds is 8. The number of nitrogens with one attached hydrogen (secondary N) is 1. The van der Waals surface area contributed by atoms with Crippen molar-refractivity contribution in [1.29, 1.82) is 0 Å². The summed E-state index contributed by atoms with van der Waals surface area (Å²) < 4.78 is 32.1. The molecule has 0 atom stereocenters. The zero-order valence-corrected chi connectivity index (χ0v) is 19.7. The number of anilines is 1. The Bertz CT molecular complexity index is 1170. The summed E-state index contributed by atoms with van der Waals surface area (Å²) in [5, 5.41) is 13.8. The zero-order chi connectivity index (χ0) is 24.9. The van der Waals surface area contributed by atoms with Crippen LogP contribution in [-0.4, -0.2) is 73.8 Å². The number of ether oxygens (including phenoxy) is 1. The van der Waals surface area contributed by atoms with E-state index in [1.165, 1.54) is 34.6 Å². The Morgan fingerprint density at radius 1 is 1.03 bits per heavy atom. The number of amides is 1. The van der Waals surface area contributed by atoms with E-state index in [0.29, 0.717) is 31.9 Å². The molecule has 0 radical (unpaired) electrons. The van der Waals surface area contributed by atoms with Crippen LogP contribution < -0.4 is 5.32 Å². The Morgan fingerprint density at radius 2 is 1.65 bits per heavy atom. The van der Waals surface area contributed by atoms with Crippen molar-refractivity contribution in [2.75, 3.05) is 44.6 Å². The second-order valence-corrected chi connectivity index (χ2v) is 9.50. The highest BCUT2D eigenvalue weighted by molar-refractivity contribution is 7.89. The highest BCUT2D eigenvalue weighted by Crippen LogP contribution is 2.22. The summed E-state index contributed by atoms with van der Waals surface area (Å²) in [5.41, 5.74) is -0.363. The van der Waals surface area contributed by atoms with E-state index in [-0.39, 0.29) is 22.6 Å². The third-order valence-corrected chi connectivity index (χ3v) is 7.34. The van der Waals surface area contributed by atoms with Gasteiger partial charge in [-0.2, -0.15) is 4.31 Å². The molecule has 182 valence electrons. The average molecular weight is 491 g/mol. The molecule has 0 saturated carbocycles. The predicted octanol–water partition coefficient (Wildman–Crippen LogP) is 2.35. The monoisotopic (exact) mass is 490 g/mol. The van der Waals surface area contributed by atoms with Gasteiger partial charge < -0.3 is 15.0 Å². The van der Waals surface area contributed by atoms with Crippen molar-refractivity contribution in [2.24, 2.45) is 0 Å². The van der Waals surface area contributed by atoms with Crippen LogP contribution in [0.4, 0.5) is 11.4 Å². The predicted molar refractivity (Wildman–Crippen MR) is 124 cm³/mol. The number of benzene rings is 2. The maximum Gasteiger partial charge on any atom is 0.338 e. The Balaban J connectivity index is 1.76. The molecule has 1 N–H and O–H groups in total. The topological polar surface area (TPSA) is 139 Å². The zero-order valence-electron chi connectivity index (χ0n) is 18.9. The van der Waals surface area contributed by atoms with Crippen LogP contribution in [0.1, 0.15) is 34.6 Å². The van der Waals surface area contributed by atoms with E-state index in [2.05, 4.69) is 10.2 Å². The van der Waals surface area contributed by atoms with Crippen molar-refractivity contribution >= 4 is 33.3 Å². The molecule has 1 amide bonds. The molecule has 0 aliphatic carbocycles. The van der Waals surface area contributed by atoms with Crippen LogP contribution in [-0.2, 0) is 14.8 Å². The van der Waals surface area contributed by atoms with E-state index < -0.39 is 32.5 Å². The fourth-order valence-electron chi connectivity index (χ4n) is 3.53. The van der Waals surface area contributed by atoms with Crippen molar-refractivity contribution in [3.8, 4) is 0 Å². The summed E-state index contributed by atoms with van der Waals surface area (Å²) in [6.45, 7) is 6.72. The molecule has 34 heavy (non-hydrogen) atoms. The van der Waals surface area contributed by atoms with E-state index in [1.54, 1.807) is 6.92 Å². The molecule has 11 nitrogen and oxygen atoms in total. The van der Waals surface area contributed by atoms with Crippen molar-refractivity contribution < 1.29 is 27.7 Å². The second-order valence-electron chi connectivity index (χ2n) is 7.56. The highest BCUT2D eigenvalue weighted by atomic mass is 32.2. The molecule has 2 aromatic carbocycles. The Hall–Kier alpha value is -3.35. The Morgan fingerprint density at radius 3 is 2.21 bits per heavy atom. The molecule has 1 saturated heterocycles. The van der Waals surface area contributed by atoms with Crippen LogP contribution in [0.2, 0.25) is 0 Å². The van der Waals surface area contributed by atoms with Gasteiger partial charge >= 0.3 is 5.97 Å². The minimum atomic E-state index is -3.66. The summed E-state index contributed by atoms with van der Waals surface area (Å²) in [5.74, 6) is -1.48. The largest absolute Gasteiger partial charge is 0.462 e. The molecule has 0 spiro atoms. The third-order valence-electron chi connectivity index (χ3n) is 5.43. The summed E-state index contributed by atoms with van der Waals surface area (Å²) in [6, 6.07) is 8.97. The molecule has 12 heteroatoms. The average Bonchev–Trinajstić information content (AvgIpc) is 2.84. The lowest BCUT2D eigenvalue weighted by Gasteiger charge is -2.33. The van der Waals surface area contributed by atoms with E-state index in [1.807, 2.05) is 6.92 Å². The molecule has 0 unspecified atom stereocenters. The van der Waals surface area contributed by atoms with Crippen molar-refractivity contribution in [3.05, 3.63) is 63.7 Å². The van der Waals surface area contributed by atoms with Gasteiger partial charge in [0.15, 0.2) is 0 Å². The standard InChI is InChI=1S/C22H26N4O7S/c1-3-24-9-11-25(12-10-24)34(31,32)20-7-5-18(6-8-20)23-21(27)16-13-17(22(28)33-4-2)15-19(14-16)26(29)30/h5-8,13-15H,3-4,9-12H2,1-2H3,(H,23,27). The van der Waals surface area contributed by atoms with Gasteiger partial charge in [0, 0.05) is 49.6 Å². The molecular formula is C22H26N4O7S. The number of sulfonamides is 1. The smallest absolute Gasteiger partial charge is 0.338 e. The Labute approximate surface area is 197 Å². The van der Waals surface area contributed by atoms with Gasteiger partial charge in [0.05, 0.1) is 22.0 Å². The number of nitro groups is 1. The fourth-order valence-corrected chi connectivity index (χ4v) is 4.95. The van der Waals surface area contributed by atoms with E-state index in [0.717, 1.165) is 18.7 Å². The van der Waals surface area contributed by atoms with Gasteiger partial charge in [-0.3, -0.25) is 14.9 Å². The van der Waals surface area contributed by atoms with Gasteiger partial charge in [-0.15, -0.1) is 0 Å². The Kier molecular flexibility index (Phi) is 7.97. The molecule has 3 rings (SSSR count). The van der Waals surface area contributed by atoms with Crippen LogP contribution >= 0.6 is 0 Å². The molecular weight excluding hydrogens is 464 g/mol. The van der Waals surface area contributed by atoms with E-state index in [4.69, 9.17) is 4.74 Å². The van der Waals surface area contributed by atoms with Gasteiger partial charge in [0.1, 0.15) is 0 Å². The number of hydrogen-bond donors (Lipinski definition) is 1. The SMILES string of the molecule is CCOC(=O)c1cc(C(=O)Nc2ccc(S(=O)(=O)N3CCN(CC)CC3)cc2)cc([N+](=O)[O-])c1. The quantitative estimate of drug-likeness (QED) is 0.338. The van der Waals surface area contributed by atoms with Crippen molar-refractivity contribution in [3.63, 3.8) is 0 Å². The number of esters is 1. The van der Waals surface area contributed by atoms with Crippen LogP contribution in [0.15, 0.2) is 47.4 Å². The summed E-state index contributed by atoms with van der Waals surface area (Å²) >= 11 is 0. The number of non-ortho nitro benzene ring substituents is 1. The highest BCUT2D eigenvalue weighted by Gasteiger charge is 2.28. The molecule has 0 aromatic heterocycles. The van der Waals surface area contributed by atoms with Crippen LogP contribution in [0.3, 0.4) is 0 Å². The molecule has 1 fully saturated rings. The van der Waals surface area contributed by atoms with E-state index in [9.17, 15) is 28.1 Å². The number of carbonyl (C=O) groups excluding carboxylic acids is 2. The number of nitrogens with zero attached hydrogens (tertiary/aromatic N) is 3. The normalized spacial score (nSPS) is 15.0. The minimum Gasteiger partial charge on any atom is -0.462 e. The third kappa shape index (κ3) is 5.76. The van der Waals surface area contributed by atoms with Gasteiger partial charge in [-0.25, -0.2) is 13.2 Å². The van der Waals surface area contributed by atoms with Gasteiger partial charge in [-0.05, 0) is 43.8 Å². The lowest BCUT2D eigenvalue weighted by molar-refractivity contribution is -0.384. The molecule has 1 aliphatic heterocycles. The maximum absolute atomic E-state index is 12.9. The minimum absolute atomic E-state index is 0.0760. The summed E-state index contributed by atoms with van der Waals surface area (Å²) in [7, 11) is -3.66. The first kappa shape index (κ1) is 25.3. The number of piperazine rings is 1. The first-order chi connectivity index (χ1) is 16.1. The number of carbonyl (C=O) groups is 2. The van der Waals surface area contributed by atoms with Gasteiger partial charge in [-0.1, -0.05) is 6.92 Å². The number of nitro benzene ring substituents is 1. The lowest BCUT2D eigenvalue weighted by Crippen LogP contribution is -2.48. The molecule has 0 bridgehead atoms. The summed E-state index contributed by atoms with van der Waals surface area (Å²) in [6.07, 6.45) is 0. The fraction of sp³-hybridized carbons (Fsp3) is 0.364. The second kappa shape index (κ2) is 10.7. The number of hydrogen-bond acceptors (Lipinski definition) is 8. The van der Waals surface area contributed by atoms with Crippen molar-refractivity contribution in [1.82, 2.24) is 9.21 Å². The lowest BCUT2D eigenvalue weighted by atomic mass is 10.1. The summed E-state index contributed by atoms with van der Waals surface area (Å²) in [4.78, 5) is 37.5. The van der Waals surface area contributed by atoms with Crippen LogP contribution in [0.25, 0.3) is 0 Å². The first-order valence-corrected chi connectivity index (χ1v) is 12.2. The van der Waals surface area contributed by atoms with Crippen molar-refractivity contribution in [2.45, 2.75) is 18.7 Å². The van der Waals surface area contributed by atoms with Gasteiger partial charge in [0.2, 0.25) is 10.0 Å². The molecule has 2 aromatic rings. The van der Waals surface area contributed by atoms with Gasteiger partial charge in [0.25, 0.3) is 11.6 Å².